The van der Waals surface area contributed by atoms with E-state index in [1.165, 1.54) is 18.9 Å². The molecule has 1 aliphatic carbocycles. The molecule has 1 amide bonds. The zero-order valence-corrected chi connectivity index (χ0v) is 12.9. The Morgan fingerprint density at radius 1 is 1.48 bits per heavy atom. The van der Waals surface area contributed by atoms with E-state index < -0.39 is 0 Å². The molecule has 0 aliphatic heterocycles. The van der Waals surface area contributed by atoms with Crippen molar-refractivity contribution in [2.24, 2.45) is 5.92 Å². The molecule has 2 rings (SSSR count). The van der Waals surface area contributed by atoms with Gasteiger partial charge < -0.3 is 15.5 Å². The number of rotatable bonds is 7. The summed E-state index contributed by atoms with van der Waals surface area (Å²) in [5.41, 5.74) is 1.52. The third kappa shape index (κ3) is 4.17. The molecule has 1 aromatic carbocycles. The second-order valence-corrected chi connectivity index (χ2v) is 5.79. The molecule has 4 nitrogen and oxygen atoms in total. The van der Waals surface area contributed by atoms with Crippen LogP contribution >= 0.6 is 0 Å². The molecule has 21 heavy (non-hydrogen) atoms. The van der Waals surface area contributed by atoms with E-state index in [2.05, 4.69) is 10.6 Å². The summed E-state index contributed by atoms with van der Waals surface area (Å²) >= 11 is 0. The van der Waals surface area contributed by atoms with Gasteiger partial charge in [0.1, 0.15) is 5.82 Å². The molecule has 0 heterocycles. The first-order chi connectivity index (χ1) is 10.0. The topological polar surface area (TPSA) is 44.4 Å². The number of carbonyl (C=O) groups is 1. The minimum absolute atomic E-state index is 0.00379. The van der Waals surface area contributed by atoms with Crippen LogP contribution in [-0.4, -0.2) is 32.6 Å². The number of hydrogen-bond donors (Lipinski definition) is 2. The van der Waals surface area contributed by atoms with Crippen molar-refractivity contribution in [1.82, 2.24) is 10.6 Å². The van der Waals surface area contributed by atoms with Crippen LogP contribution in [-0.2, 0) is 11.3 Å². The van der Waals surface area contributed by atoms with Crippen molar-refractivity contribution in [3.63, 3.8) is 0 Å². The van der Waals surface area contributed by atoms with Crippen molar-refractivity contribution in [2.75, 3.05) is 25.5 Å². The maximum atomic E-state index is 14.1. The summed E-state index contributed by atoms with van der Waals surface area (Å²) in [6, 6.07) is 5.65. The number of amides is 1. The molecule has 1 saturated carbocycles. The third-order valence-corrected chi connectivity index (χ3v) is 3.89. The minimum Gasteiger partial charge on any atom is -0.373 e. The van der Waals surface area contributed by atoms with Crippen molar-refractivity contribution in [2.45, 2.75) is 32.4 Å². The monoisotopic (exact) mass is 293 g/mol. The van der Waals surface area contributed by atoms with Gasteiger partial charge in [0, 0.05) is 44.5 Å². The first-order valence-electron chi connectivity index (χ1n) is 7.46. The van der Waals surface area contributed by atoms with E-state index >= 15 is 0 Å². The van der Waals surface area contributed by atoms with Crippen LogP contribution < -0.4 is 15.5 Å². The molecule has 0 saturated heterocycles. The highest BCUT2D eigenvalue weighted by molar-refractivity contribution is 5.78. The lowest BCUT2D eigenvalue weighted by Gasteiger charge is -2.25. The fourth-order valence-electron chi connectivity index (χ4n) is 2.45. The molecule has 5 heteroatoms. The molecule has 0 aromatic heterocycles. The van der Waals surface area contributed by atoms with E-state index in [0.29, 0.717) is 24.7 Å². The van der Waals surface area contributed by atoms with Crippen molar-refractivity contribution < 1.29 is 9.18 Å². The summed E-state index contributed by atoms with van der Waals surface area (Å²) in [5.74, 6) is -0.344. The SMILES string of the molecule is CNC(=O)C(C)CN(C)c1cccc(F)c1CNC1CC1. The van der Waals surface area contributed by atoms with Gasteiger partial charge in [0.15, 0.2) is 0 Å². The lowest BCUT2D eigenvalue weighted by atomic mass is 10.1. The molecule has 1 aliphatic rings. The summed E-state index contributed by atoms with van der Waals surface area (Å²) in [6.07, 6.45) is 2.35. The quantitative estimate of drug-likeness (QED) is 0.807. The van der Waals surface area contributed by atoms with Gasteiger partial charge in [-0.3, -0.25) is 4.79 Å². The Bertz CT molecular complexity index is 502. The molecule has 0 radical (unpaired) electrons. The number of hydrogen-bond acceptors (Lipinski definition) is 3. The fourth-order valence-corrected chi connectivity index (χ4v) is 2.45. The molecule has 1 atom stereocenters. The molecule has 1 aromatic rings. The number of benzene rings is 1. The fraction of sp³-hybridized carbons (Fsp3) is 0.562. The van der Waals surface area contributed by atoms with E-state index in [9.17, 15) is 9.18 Å². The number of halogens is 1. The van der Waals surface area contributed by atoms with Crippen LogP contribution in [0.25, 0.3) is 0 Å². The first kappa shape index (κ1) is 15.8. The predicted molar refractivity (Wildman–Crippen MR) is 82.8 cm³/mol. The van der Waals surface area contributed by atoms with E-state index in [1.807, 2.05) is 24.9 Å². The van der Waals surface area contributed by atoms with Crippen LogP contribution in [0, 0.1) is 11.7 Å². The van der Waals surface area contributed by atoms with Gasteiger partial charge in [0.2, 0.25) is 5.91 Å². The Hall–Kier alpha value is -1.62. The smallest absolute Gasteiger partial charge is 0.224 e. The average molecular weight is 293 g/mol. The van der Waals surface area contributed by atoms with E-state index in [4.69, 9.17) is 0 Å². The molecular formula is C16H24FN3O. The van der Waals surface area contributed by atoms with Gasteiger partial charge in [0.05, 0.1) is 5.92 Å². The predicted octanol–water partition coefficient (Wildman–Crippen LogP) is 1.90. The normalized spacial score (nSPS) is 15.6. The van der Waals surface area contributed by atoms with Crippen molar-refractivity contribution in [3.8, 4) is 0 Å². The number of carbonyl (C=O) groups excluding carboxylic acids is 1. The summed E-state index contributed by atoms with van der Waals surface area (Å²) in [4.78, 5) is 13.6. The van der Waals surface area contributed by atoms with Crippen LogP contribution in [0.3, 0.4) is 0 Å². The molecular weight excluding hydrogens is 269 g/mol. The second-order valence-electron chi connectivity index (χ2n) is 5.79. The molecule has 1 unspecified atom stereocenters. The zero-order chi connectivity index (χ0) is 15.4. The summed E-state index contributed by atoms with van der Waals surface area (Å²) < 4.78 is 14.1. The van der Waals surface area contributed by atoms with Gasteiger partial charge in [-0.05, 0) is 25.0 Å². The maximum absolute atomic E-state index is 14.1. The zero-order valence-electron chi connectivity index (χ0n) is 12.9. The Morgan fingerprint density at radius 3 is 2.81 bits per heavy atom. The van der Waals surface area contributed by atoms with Gasteiger partial charge in [-0.2, -0.15) is 0 Å². The standard InChI is InChI=1S/C16H24FN3O/c1-11(16(21)18-2)10-20(3)15-6-4-5-14(17)13(15)9-19-12-7-8-12/h4-6,11-12,19H,7-10H2,1-3H3,(H,18,21). The molecule has 2 N–H and O–H groups in total. The van der Waals surface area contributed by atoms with Gasteiger partial charge in [-0.15, -0.1) is 0 Å². The van der Waals surface area contributed by atoms with Crippen LogP contribution in [0.15, 0.2) is 18.2 Å². The van der Waals surface area contributed by atoms with Gasteiger partial charge in [-0.1, -0.05) is 13.0 Å². The van der Waals surface area contributed by atoms with E-state index in [1.54, 1.807) is 13.1 Å². The van der Waals surface area contributed by atoms with Crippen LogP contribution in [0.2, 0.25) is 0 Å². The third-order valence-electron chi connectivity index (χ3n) is 3.89. The van der Waals surface area contributed by atoms with Crippen LogP contribution in [0.4, 0.5) is 10.1 Å². The molecule has 0 bridgehead atoms. The number of nitrogens with one attached hydrogen (secondary N) is 2. The van der Waals surface area contributed by atoms with Crippen LogP contribution in [0.5, 0.6) is 0 Å². The number of anilines is 1. The highest BCUT2D eigenvalue weighted by atomic mass is 19.1. The molecule has 0 spiro atoms. The Labute approximate surface area is 125 Å². The highest BCUT2D eigenvalue weighted by Gasteiger charge is 2.22. The Kier molecular flexibility index (Phi) is 5.17. The lowest BCUT2D eigenvalue weighted by Crippen LogP contribution is -2.35. The van der Waals surface area contributed by atoms with Gasteiger partial charge in [0.25, 0.3) is 0 Å². The summed E-state index contributed by atoms with van der Waals surface area (Å²) in [5, 5.41) is 5.99. The lowest BCUT2D eigenvalue weighted by molar-refractivity contribution is -0.123. The second kappa shape index (κ2) is 6.89. The summed E-state index contributed by atoms with van der Waals surface area (Å²) in [7, 11) is 3.53. The highest BCUT2D eigenvalue weighted by Crippen LogP contribution is 2.25. The van der Waals surface area contributed by atoms with Crippen molar-refractivity contribution >= 4 is 11.6 Å². The van der Waals surface area contributed by atoms with E-state index in [-0.39, 0.29) is 17.6 Å². The van der Waals surface area contributed by atoms with Gasteiger partial charge in [-0.25, -0.2) is 4.39 Å². The van der Waals surface area contributed by atoms with Crippen molar-refractivity contribution in [3.05, 3.63) is 29.6 Å². The van der Waals surface area contributed by atoms with Crippen LogP contribution in [0.1, 0.15) is 25.3 Å². The minimum atomic E-state index is -0.194. The van der Waals surface area contributed by atoms with Gasteiger partial charge >= 0.3 is 0 Å². The Balaban J connectivity index is 2.09. The molecule has 116 valence electrons. The largest absolute Gasteiger partial charge is 0.373 e. The average Bonchev–Trinajstić information content (AvgIpc) is 3.28. The maximum Gasteiger partial charge on any atom is 0.224 e. The summed E-state index contributed by atoms with van der Waals surface area (Å²) in [6.45, 7) is 2.96. The van der Waals surface area contributed by atoms with Crippen molar-refractivity contribution in [1.29, 1.82) is 0 Å². The number of nitrogens with zero attached hydrogens (tertiary/aromatic N) is 1. The van der Waals surface area contributed by atoms with E-state index in [0.717, 1.165) is 5.69 Å². The first-order valence-corrected chi connectivity index (χ1v) is 7.46. The Morgan fingerprint density at radius 2 is 2.19 bits per heavy atom. The molecule has 1 fully saturated rings.